The first-order valence-electron chi connectivity index (χ1n) is 8.07. The van der Waals surface area contributed by atoms with Crippen LogP contribution in [-0.2, 0) is 0 Å². The predicted molar refractivity (Wildman–Crippen MR) is 86.6 cm³/mol. The molecule has 1 aliphatic carbocycles. The van der Waals surface area contributed by atoms with E-state index in [4.69, 9.17) is 0 Å². The third-order valence-corrected chi connectivity index (χ3v) is 4.56. The topological polar surface area (TPSA) is 54.9 Å². The maximum atomic E-state index is 12.6. The van der Waals surface area contributed by atoms with Gasteiger partial charge in [0.2, 0.25) is 0 Å². The molecule has 1 aromatic heterocycles. The normalized spacial score (nSPS) is 15.9. The van der Waals surface area contributed by atoms with Gasteiger partial charge >= 0.3 is 0 Å². The predicted octanol–water partition coefficient (Wildman–Crippen LogP) is 3.63. The summed E-state index contributed by atoms with van der Waals surface area (Å²) < 4.78 is 1.46. The van der Waals surface area contributed by atoms with Gasteiger partial charge in [-0.25, -0.2) is 4.68 Å². The summed E-state index contributed by atoms with van der Waals surface area (Å²) in [6.45, 7) is 1.80. The number of rotatable bonds is 4. The van der Waals surface area contributed by atoms with Gasteiger partial charge in [0.05, 0.1) is 5.69 Å². The molecule has 1 aromatic carbocycles. The highest BCUT2D eigenvalue weighted by Crippen LogP contribution is 2.27. The summed E-state index contributed by atoms with van der Waals surface area (Å²) in [4.78, 5) is 25.2. The standard InChI is InChI=1S/C18H22N2O2/c1-13-17(16(21)12-14-8-4-2-5-9-14)18(22)20(19-13)15-10-6-3-7-11-15/h3,6-7,10-11,14,19H,2,4-5,8-9,12H2,1H3. The van der Waals surface area contributed by atoms with Crippen LogP contribution < -0.4 is 5.56 Å². The van der Waals surface area contributed by atoms with Crippen LogP contribution in [0.25, 0.3) is 5.69 Å². The summed E-state index contributed by atoms with van der Waals surface area (Å²) in [5, 5.41) is 3.03. The van der Waals surface area contributed by atoms with Gasteiger partial charge in [0.15, 0.2) is 5.78 Å². The molecule has 0 saturated heterocycles. The van der Waals surface area contributed by atoms with Crippen LogP contribution >= 0.6 is 0 Å². The first-order valence-corrected chi connectivity index (χ1v) is 8.07. The van der Waals surface area contributed by atoms with E-state index in [-0.39, 0.29) is 11.3 Å². The SMILES string of the molecule is Cc1[nH]n(-c2ccccc2)c(=O)c1C(=O)CC1CCCCC1. The van der Waals surface area contributed by atoms with Gasteiger partial charge in [-0.05, 0) is 25.0 Å². The van der Waals surface area contributed by atoms with Gasteiger partial charge in [0, 0.05) is 12.1 Å². The van der Waals surface area contributed by atoms with Crippen molar-refractivity contribution in [2.75, 3.05) is 0 Å². The lowest BCUT2D eigenvalue weighted by atomic mass is 9.85. The molecule has 4 nitrogen and oxygen atoms in total. The van der Waals surface area contributed by atoms with E-state index in [1.807, 2.05) is 30.3 Å². The monoisotopic (exact) mass is 298 g/mol. The molecule has 116 valence electrons. The van der Waals surface area contributed by atoms with Gasteiger partial charge < -0.3 is 0 Å². The highest BCUT2D eigenvalue weighted by molar-refractivity contribution is 5.97. The summed E-state index contributed by atoms with van der Waals surface area (Å²) in [6.07, 6.45) is 6.41. The highest BCUT2D eigenvalue weighted by atomic mass is 16.2. The fourth-order valence-electron chi connectivity index (χ4n) is 3.39. The molecule has 0 unspecified atom stereocenters. The molecule has 0 bridgehead atoms. The van der Waals surface area contributed by atoms with Crippen LogP contribution in [0.2, 0.25) is 0 Å². The number of nitrogens with zero attached hydrogens (tertiary/aromatic N) is 1. The van der Waals surface area contributed by atoms with Crippen LogP contribution in [0, 0.1) is 12.8 Å². The lowest BCUT2D eigenvalue weighted by Gasteiger charge is -2.20. The number of nitrogens with one attached hydrogen (secondary N) is 1. The second-order valence-corrected chi connectivity index (χ2v) is 6.22. The summed E-state index contributed by atoms with van der Waals surface area (Å²) in [5.74, 6) is 0.431. The van der Waals surface area contributed by atoms with Crippen LogP contribution in [0.4, 0.5) is 0 Å². The number of aromatic amines is 1. The van der Waals surface area contributed by atoms with E-state index in [1.54, 1.807) is 6.92 Å². The molecule has 0 radical (unpaired) electrons. The Morgan fingerprint density at radius 2 is 1.86 bits per heavy atom. The number of carbonyl (C=O) groups excluding carboxylic acids is 1. The largest absolute Gasteiger partial charge is 0.295 e. The summed E-state index contributed by atoms with van der Waals surface area (Å²) in [7, 11) is 0. The highest BCUT2D eigenvalue weighted by Gasteiger charge is 2.23. The lowest BCUT2D eigenvalue weighted by molar-refractivity contribution is 0.0948. The van der Waals surface area contributed by atoms with Crippen molar-refractivity contribution in [1.29, 1.82) is 0 Å². The Labute approximate surface area is 130 Å². The number of para-hydroxylation sites is 1. The molecule has 3 rings (SSSR count). The second-order valence-electron chi connectivity index (χ2n) is 6.22. The van der Waals surface area contributed by atoms with Crippen molar-refractivity contribution < 1.29 is 4.79 Å². The van der Waals surface area contributed by atoms with Gasteiger partial charge in [-0.15, -0.1) is 0 Å². The first-order chi connectivity index (χ1) is 10.7. The number of H-pyrrole nitrogens is 1. The Balaban J connectivity index is 1.86. The Kier molecular flexibility index (Phi) is 4.27. The van der Waals surface area contributed by atoms with Crippen molar-refractivity contribution in [2.45, 2.75) is 45.4 Å². The minimum Gasteiger partial charge on any atom is -0.295 e. The molecule has 0 amide bonds. The molecule has 4 heteroatoms. The number of benzene rings is 1. The van der Waals surface area contributed by atoms with E-state index in [0.717, 1.165) is 18.5 Å². The van der Waals surface area contributed by atoms with Crippen LogP contribution in [0.3, 0.4) is 0 Å². The molecule has 1 saturated carbocycles. The van der Waals surface area contributed by atoms with Crippen molar-refractivity contribution in [3.05, 3.63) is 51.9 Å². The van der Waals surface area contributed by atoms with Crippen molar-refractivity contribution in [3.63, 3.8) is 0 Å². The number of Topliss-reactive ketones (excluding diaryl/α,β-unsaturated/α-hetero) is 1. The molecule has 22 heavy (non-hydrogen) atoms. The quantitative estimate of drug-likeness (QED) is 0.876. The molecule has 0 aliphatic heterocycles. The fourth-order valence-corrected chi connectivity index (χ4v) is 3.39. The molecule has 2 aromatic rings. The Morgan fingerprint density at radius 1 is 1.18 bits per heavy atom. The molecule has 0 spiro atoms. The maximum absolute atomic E-state index is 12.6. The third-order valence-electron chi connectivity index (χ3n) is 4.56. The Bertz CT molecular complexity index is 706. The Morgan fingerprint density at radius 3 is 2.55 bits per heavy atom. The van der Waals surface area contributed by atoms with Gasteiger partial charge in [0.25, 0.3) is 5.56 Å². The van der Waals surface area contributed by atoms with E-state index in [2.05, 4.69) is 5.10 Å². The summed E-state index contributed by atoms with van der Waals surface area (Å²) >= 11 is 0. The van der Waals surface area contributed by atoms with E-state index in [9.17, 15) is 9.59 Å². The maximum Gasteiger partial charge on any atom is 0.282 e. The average molecular weight is 298 g/mol. The minimum atomic E-state index is -0.232. The fraction of sp³-hybridized carbons (Fsp3) is 0.444. The molecule has 1 fully saturated rings. The molecule has 0 atom stereocenters. The molecule has 1 N–H and O–H groups in total. The number of aromatic nitrogens is 2. The van der Waals surface area contributed by atoms with E-state index < -0.39 is 0 Å². The zero-order valence-corrected chi connectivity index (χ0v) is 13.0. The van der Waals surface area contributed by atoms with Crippen LogP contribution in [-0.4, -0.2) is 15.6 Å². The minimum absolute atomic E-state index is 0.0136. The average Bonchev–Trinajstić information content (AvgIpc) is 2.84. The lowest BCUT2D eigenvalue weighted by Crippen LogP contribution is -2.22. The third kappa shape index (κ3) is 2.91. The van der Waals surface area contributed by atoms with Crippen molar-refractivity contribution in [3.8, 4) is 5.69 Å². The van der Waals surface area contributed by atoms with Crippen molar-refractivity contribution in [1.82, 2.24) is 9.78 Å². The van der Waals surface area contributed by atoms with Crippen LogP contribution in [0.15, 0.2) is 35.1 Å². The van der Waals surface area contributed by atoms with Crippen molar-refractivity contribution in [2.24, 2.45) is 5.92 Å². The summed E-state index contributed by atoms with van der Waals surface area (Å²) in [5.41, 5.74) is 1.51. The molecular weight excluding hydrogens is 276 g/mol. The smallest absolute Gasteiger partial charge is 0.282 e. The van der Waals surface area contributed by atoms with Gasteiger partial charge in [-0.2, -0.15) is 0 Å². The number of ketones is 1. The number of carbonyl (C=O) groups is 1. The van der Waals surface area contributed by atoms with E-state index >= 15 is 0 Å². The first kappa shape index (κ1) is 14.8. The molecule has 1 aliphatic rings. The molecular formula is C18H22N2O2. The number of hydrogen-bond donors (Lipinski definition) is 1. The van der Waals surface area contributed by atoms with Gasteiger partial charge in [0.1, 0.15) is 5.56 Å². The zero-order chi connectivity index (χ0) is 15.5. The Hall–Kier alpha value is -2.10. The van der Waals surface area contributed by atoms with Gasteiger partial charge in [-0.1, -0.05) is 50.3 Å². The van der Waals surface area contributed by atoms with Crippen LogP contribution in [0.5, 0.6) is 0 Å². The van der Waals surface area contributed by atoms with Gasteiger partial charge in [-0.3, -0.25) is 14.7 Å². The molecule has 1 heterocycles. The van der Waals surface area contributed by atoms with E-state index in [0.29, 0.717) is 23.6 Å². The van der Waals surface area contributed by atoms with Crippen LogP contribution in [0.1, 0.15) is 54.6 Å². The number of hydrogen-bond acceptors (Lipinski definition) is 2. The second kappa shape index (κ2) is 6.34. The van der Waals surface area contributed by atoms with Crippen molar-refractivity contribution >= 4 is 5.78 Å². The van der Waals surface area contributed by atoms with E-state index in [1.165, 1.54) is 23.9 Å². The number of aryl methyl sites for hydroxylation is 1. The summed E-state index contributed by atoms with van der Waals surface area (Å²) in [6, 6.07) is 9.36. The zero-order valence-electron chi connectivity index (χ0n) is 13.0.